The molecule has 0 bridgehead atoms. The van der Waals surface area contributed by atoms with Crippen LogP contribution in [0.5, 0.6) is 11.5 Å². The summed E-state index contributed by atoms with van der Waals surface area (Å²) in [7, 11) is 2.84. The molecule has 8 heteroatoms. The van der Waals surface area contributed by atoms with E-state index in [0.717, 1.165) is 0 Å². The SMILES string of the molecule is C#CCNC(=O)COC(=O)c1cc(OC)c(OC)cc1NC(=O)C(C)(C)C. The van der Waals surface area contributed by atoms with Gasteiger partial charge in [0.05, 0.1) is 32.0 Å². The normalized spacial score (nSPS) is 10.4. The first-order valence-electron chi connectivity index (χ1n) is 8.08. The average molecular weight is 376 g/mol. The number of hydrogen-bond acceptors (Lipinski definition) is 6. The van der Waals surface area contributed by atoms with Gasteiger partial charge in [-0.25, -0.2) is 4.79 Å². The van der Waals surface area contributed by atoms with E-state index < -0.39 is 23.9 Å². The van der Waals surface area contributed by atoms with Crippen LogP contribution in [0.15, 0.2) is 12.1 Å². The summed E-state index contributed by atoms with van der Waals surface area (Å²) in [5.41, 5.74) is -0.486. The maximum absolute atomic E-state index is 12.5. The molecule has 8 nitrogen and oxygen atoms in total. The van der Waals surface area contributed by atoms with E-state index in [4.69, 9.17) is 20.6 Å². The second kappa shape index (κ2) is 9.48. The third kappa shape index (κ3) is 6.22. The predicted octanol–water partition coefficient (Wildman–Crippen LogP) is 1.59. The van der Waals surface area contributed by atoms with E-state index in [-0.39, 0.29) is 29.5 Å². The Morgan fingerprint density at radius 2 is 1.70 bits per heavy atom. The molecule has 0 aliphatic rings. The minimum atomic E-state index is -0.809. The number of amides is 2. The third-order valence-corrected chi connectivity index (χ3v) is 3.39. The molecule has 0 aliphatic heterocycles. The molecule has 0 heterocycles. The minimum absolute atomic E-state index is 0.0231. The molecule has 1 aromatic carbocycles. The molecule has 0 aliphatic carbocycles. The highest BCUT2D eigenvalue weighted by atomic mass is 16.5. The third-order valence-electron chi connectivity index (χ3n) is 3.39. The van der Waals surface area contributed by atoms with Gasteiger partial charge in [-0.05, 0) is 0 Å². The summed E-state index contributed by atoms with van der Waals surface area (Å²) in [5, 5.41) is 5.06. The molecular weight excluding hydrogens is 352 g/mol. The number of carbonyl (C=O) groups excluding carboxylic acids is 3. The monoisotopic (exact) mass is 376 g/mol. The lowest BCUT2D eigenvalue weighted by Crippen LogP contribution is -2.30. The Morgan fingerprint density at radius 1 is 1.11 bits per heavy atom. The van der Waals surface area contributed by atoms with Crippen molar-refractivity contribution in [1.82, 2.24) is 5.32 Å². The van der Waals surface area contributed by atoms with Crippen molar-refractivity contribution < 1.29 is 28.6 Å². The molecule has 1 rings (SSSR count). The zero-order valence-electron chi connectivity index (χ0n) is 16.1. The summed E-state index contributed by atoms with van der Waals surface area (Å²) in [6.45, 7) is 4.71. The summed E-state index contributed by atoms with van der Waals surface area (Å²) in [5.74, 6) is 1.18. The van der Waals surface area contributed by atoms with Gasteiger partial charge in [0.1, 0.15) is 0 Å². The maximum atomic E-state index is 12.5. The zero-order chi connectivity index (χ0) is 20.6. The topological polar surface area (TPSA) is 103 Å². The number of ether oxygens (including phenoxy) is 3. The molecule has 2 amide bonds. The summed E-state index contributed by atoms with van der Waals surface area (Å²) in [4.78, 5) is 36.3. The van der Waals surface area contributed by atoms with Crippen LogP contribution < -0.4 is 20.1 Å². The van der Waals surface area contributed by atoms with Crippen LogP contribution in [-0.2, 0) is 14.3 Å². The van der Waals surface area contributed by atoms with E-state index in [9.17, 15) is 14.4 Å². The van der Waals surface area contributed by atoms with E-state index in [0.29, 0.717) is 5.75 Å². The van der Waals surface area contributed by atoms with Crippen LogP contribution in [0.2, 0.25) is 0 Å². The second-order valence-corrected chi connectivity index (χ2v) is 6.51. The number of terminal acetylenes is 1. The molecule has 0 fully saturated rings. The number of hydrogen-bond donors (Lipinski definition) is 2. The molecular formula is C19H24N2O6. The van der Waals surface area contributed by atoms with E-state index in [1.54, 1.807) is 20.8 Å². The summed E-state index contributed by atoms with van der Waals surface area (Å²) < 4.78 is 15.4. The average Bonchev–Trinajstić information content (AvgIpc) is 2.62. The molecule has 0 spiro atoms. The number of anilines is 1. The molecule has 0 atom stereocenters. The first kappa shape index (κ1) is 21.8. The van der Waals surface area contributed by atoms with Crippen LogP contribution in [0.4, 0.5) is 5.69 Å². The lowest BCUT2D eigenvalue weighted by atomic mass is 9.95. The fourth-order valence-electron chi connectivity index (χ4n) is 1.87. The van der Waals surface area contributed by atoms with Gasteiger partial charge in [0, 0.05) is 17.5 Å². The number of nitrogens with one attached hydrogen (secondary N) is 2. The molecule has 27 heavy (non-hydrogen) atoms. The van der Waals surface area contributed by atoms with Crippen molar-refractivity contribution in [2.45, 2.75) is 20.8 Å². The van der Waals surface area contributed by atoms with Gasteiger partial charge >= 0.3 is 5.97 Å². The van der Waals surface area contributed by atoms with Gasteiger partial charge in [-0.1, -0.05) is 26.7 Å². The Bertz CT molecular complexity index is 759. The molecule has 2 N–H and O–H groups in total. The van der Waals surface area contributed by atoms with Crippen molar-refractivity contribution in [3.63, 3.8) is 0 Å². The van der Waals surface area contributed by atoms with E-state index in [1.165, 1.54) is 26.4 Å². The quantitative estimate of drug-likeness (QED) is 0.553. The fraction of sp³-hybridized carbons (Fsp3) is 0.421. The number of rotatable bonds is 7. The van der Waals surface area contributed by atoms with Crippen molar-refractivity contribution >= 4 is 23.5 Å². The van der Waals surface area contributed by atoms with Crippen molar-refractivity contribution in [3.8, 4) is 23.8 Å². The maximum Gasteiger partial charge on any atom is 0.340 e. The Morgan fingerprint density at radius 3 is 2.22 bits per heavy atom. The predicted molar refractivity (Wildman–Crippen MR) is 99.8 cm³/mol. The molecule has 0 aromatic heterocycles. The standard InChI is InChI=1S/C19H24N2O6/c1-7-8-20-16(22)11-27-17(23)12-9-14(25-5)15(26-6)10-13(12)21-18(24)19(2,3)4/h1,9-10H,8,11H2,2-6H3,(H,20,22)(H,21,24). The van der Waals surface area contributed by atoms with E-state index >= 15 is 0 Å². The van der Waals surface area contributed by atoms with Gasteiger partial charge < -0.3 is 24.8 Å². The van der Waals surface area contributed by atoms with Crippen LogP contribution in [0.25, 0.3) is 0 Å². The van der Waals surface area contributed by atoms with Crippen LogP contribution in [0.1, 0.15) is 31.1 Å². The van der Waals surface area contributed by atoms with Gasteiger partial charge in [0.25, 0.3) is 5.91 Å². The van der Waals surface area contributed by atoms with Gasteiger partial charge in [-0.2, -0.15) is 0 Å². The molecule has 146 valence electrons. The van der Waals surface area contributed by atoms with Crippen molar-refractivity contribution in [2.75, 3.05) is 32.7 Å². The van der Waals surface area contributed by atoms with Gasteiger partial charge in [-0.15, -0.1) is 6.42 Å². The lowest BCUT2D eigenvalue weighted by Gasteiger charge is -2.20. The molecule has 1 aromatic rings. The minimum Gasteiger partial charge on any atom is -0.493 e. The van der Waals surface area contributed by atoms with Gasteiger partial charge in [-0.3, -0.25) is 9.59 Å². The van der Waals surface area contributed by atoms with Crippen LogP contribution in [0.3, 0.4) is 0 Å². The van der Waals surface area contributed by atoms with Crippen LogP contribution in [-0.4, -0.2) is 45.2 Å². The van der Waals surface area contributed by atoms with Crippen LogP contribution >= 0.6 is 0 Å². The Kier molecular flexibility index (Phi) is 7.66. The molecule has 0 radical (unpaired) electrons. The highest BCUT2D eigenvalue weighted by Gasteiger charge is 2.25. The number of methoxy groups -OCH3 is 2. The number of esters is 1. The molecule has 0 saturated heterocycles. The second-order valence-electron chi connectivity index (χ2n) is 6.51. The highest BCUT2D eigenvalue weighted by molar-refractivity contribution is 6.03. The largest absolute Gasteiger partial charge is 0.493 e. The Hall–Kier alpha value is -3.21. The Labute approximate surface area is 158 Å². The molecule has 0 saturated carbocycles. The van der Waals surface area contributed by atoms with E-state index in [2.05, 4.69) is 16.6 Å². The first-order valence-corrected chi connectivity index (χ1v) is 8.08. The van der Waals surface area contributed by atoms with Crippen molar-refractivity contribution in [3.05, 3.63) is 17.7 Å². The fourth-order valence-corrected chi connectivity index (χ4v) is 1.87. The molecule has 0 unspecified atom stereocenters. The highest BCUT2D eigenvalue weighted by Crippen LogP contribution is 2.34. The van der Waals surface area contributed by atoms with Gasteiger partial charge in [0.2, 0.25) is 5.91 Å². The zero-order valence-corrected chi connectivity index (χ0v) is 16.1. The Balaban J connectivity index is 3.14. The number of benzene rings is 1. The van der Waals surface area contributed by atoms with E-state index in [1.807, 2.05) is 0 Å². The summed E-state index contributed by atoms with van der Waals surface area (Å²) in [6, 6.07) is 2.83. The summed E-state index contributed by atoms with van der Waals surface area (Å²) in [6.07, 6.45) is 5.05. The first-order chi connectivity index (χ1) is 12.6. The smallest absolute Gasteiger partial charge is 0.340 e. The van der Waals surface area contributed by atoms with Crippen LogP contribution in [0, 0.1) is 17.8 Å². The summed E-state index contributed by atoms with van der Waals surface area (Å²) >= 11 is 0. The van der Waals surface area contributed by atoms with Crippen molar-refractivity contribution in [2.24, 2.45) is 5.41 Å². The number of carbonyl (C=O) groups is 3. The van der Waals surface area contributed by atoms with Gasteiger partial charge in [0.15, 0.2) is 18.1 Å². The van der Waals surface area contributed by atoms with Crippen molar-refractivity contribution in [1.29, 1.82) is 0 Å². The lowest BCUT2D eigenvalue weighted by molar-refractivity contribution is -0.124.